The van der Waals surface area contributed by atoms with Crippen LogP contribution in [0.3, 0.4) is 0 Å². The first kappa shape index (κ1) is 13.5. The molecule has 1 aromatic heterocycles. The van der Waals surface area contributed by atoms with Gasteiger partial charge in [0.1, 0.15) is 4.90 Å². The largest absolute Gasteiger partial charge is 0.398 e. The molecular formula is C11H11BrN2O2S2. The van der Waals surface area contributed by atoms with Crippen LogP contribution in [0.2, 0.25) is 0 Å². The van der Waals surface area contributed by atoms with Crippen LogP contribution in [0.1, 0.15) is 4.88 Å². The second-order valence-electron chi connectivity index (χ2n) is 3.59. The summed E-state index contributed by atoms with van der Waals surface area (Å²) >= 11 is 4.74. The summed E-state index contributed by atoms with van der Waals surface area (Å²) < 4.78 is 27.4. The predicted octanol–water partition coefficient (Wildman–Crippen LogP) is 2.57. The van der Waals surface area contributed by atoms with Crippen molar-refractivity contribution >= 4 is 43.0 Å². The molecule has 0 aliphatic heterocycles. The lowest BCUT2D eigenvalue weighted by Crippen LogP contribution is -2.23. The Morgan fingerprint density at radius 3 is 2.72 bits per heavy atom. The Morgan fingerprint density at radius 1 is 1.33 bits per heavy atom. The minimum Gasteiger partial charge on any atom is -0.398 e. The minimum absolute atomic E-state index is 0.0993. The van der Waals surface area contributed by atoms with E-state index in [9.17, 15) is 8.42 Å². The molecular weight excluding hydrogens is 336 g/mol. The van der Waals surface area contributed by atoms with Crippen LogP contribution in [0.5, 0.6) is 0 Å². The maximum absolute atomic E-state index is 12.1. The van der Waals surface area contributed by atoms with Gasteiger partial charge in [0.15, 0.2) is 0 Å². The number of benzene rings is 1. The molecule has 0 bridgehead atoms. The molecule has 0 aliphatic carbocycles. The van der Waals surface area contributed by atoms with Crippen LogP contribution in [0.15, 0.2) is 45.1 Å². The van der Waals surface area contributed by atoms with Gasteiger partial charge >= 0.3 is 0 Å². The van der Waals surface area contributed by atoms with Crippen LogP contribution in [-0.4, -0.2) is 8.42 Å². The molecule has 7 heteroatoms. The molecule has 2 aromatic rings. The van der Waals surface area contributed by atoms with Gasteiger partial charge in [-0.1, -0.05) is 22.0 Å². The first-order valence-electron chi connectivity index (χ1n) is 5.06. The zero-order chi connectivity index (χ0) is 13.2. The number of rotatable bonds is 4. The van der Waals surface area contributed by atoms with Gasteiger partial charge < -0.3 is 5.73 Å². The Hall–Kier alpha value is -0.890. The molecule has 4 nitrogen and oxygen atoms in total. The molecule has 0 radical (unpaired) electrons. The number of anilines is 1. The molecule has 96 valence electrons. The zero-order valence-corrected chi connectivity index (χ0v) is 12.5. The average molecular weight is 347 g/mol. The van der Waals surface area contributed by atoms with Crippen molar-refractivity contribution in [2.45, 2.75) is 11.4 Å². The number of thiophene rings is 1. The quantitative estimate of drug-likeness (QED) is 0.835. The van der Waals surface area contributed by atoms with Crippen LogP contribution in [0, 0.1) is 0 Å². The van der Waals surface area contributed by atoms with Gasteiger partial charge in [0.25, 0.3) is 0 Å². The first-order chi connectivity index (χ1) is 8.49. The molecule has 0 unspecified atom stereocenters. The lowest BCUT2D eigenvalue weighted by molar-refractivity contribution is 0.582. The number of nitrogens with two attached hydrogens (primary N) is 1. The summed E-state index contributed by atoms with van der Waals surface area (Å²) in [4.78, 5) is 1.05. The number of nitrogen functional groups attached to an aromatic ring is 1. The molecule has 2 rings (SSSR count). The third-order valence-electron chi connectivity index (χ3n) is 2.28. The van der Waals surface area contributed by atoms with E-state index in [0.717, 1.165) is 9.35 Å². The summed E-state index contributed by atoms with van der Waals surface area (Å²) in [6, 6.07) is 8.45. The van der Waals surface area contributed by atoms with Crippen LogP contribution >= 0.6 is 27.3 Å². The van der Waals surface area contributed by atoms with Crippen molar-refractivity contribution in [2.75, 3.05) is 5.73 Å². The highest BCUT2D eigenvalue weighted by atomic mass is 79.9. The van der Waals surface area contributed by atoms with E-state index in [1.807, 2.05) is 17.5 Å². The van der Waals surface area contributed by atoms with E-state index in [0.29, 0.717) is 0 Å². The lowest BCUT2D eigenvalue weighted by atomic mass is 10.3. The topological polar surface area (TPSA) is 72.2 Å². The molecule has 0 saturated heterocycles. The second-order valence-corrected chi connectivity index (χ2v) is 7.27. The van der Waals surface area contributed by atoms with Crippen LogP contribution in [0.25, 0.3) is 0 Å². The molecule has 1 heterocycles. The number of nitrogens with one attached hydrogen (secondary N) is 1. The van der Waals surface area contributed by atoms with E-state index in [-0.39, 0.29) is 17.1 Å². The van der Waals surface area contributed by atoms with Crippen molar-refractivity contribution in [3.05, 3.63) is 45.1 Å². The van der Waals surface area contributed by atoms with Gasteiger partial charge in [0.2, 0.25) is 10.0 Å². The Morgan fingerprint density at radius 2 is 2.11 bits per heavy atom. The molecule has 18 heavy (non-hydrogen) atoms. The predicted molar refractivity (Wildman–Crippen MR) is 76.9 cm³/mol. The summed E-state index contributed by atoms with van der Waals surface area (Å²) in [5, 5.41) is 1.90. The van der Waals surface area contributed by atoms with Crippen molar-refractivity contribution in [1.29, 1.82) is 0 Å². The van der Waals surface area contributed by atoms with Crippen molar-refractivity contribution in [3.8, 4) is 0 Å². The number of halogens is 1. The molecule has 0 saturated carbocycles. The monoisotopic (exact) mass is 346 g/mol. The fraction of sp³-hybridized carbons (Fsp3) is 0.0909. The zero-order valence-electron chi connectivity index (χ0n) is 9.26. The number of hydrogen-bond acceptors (Lipinski definition) is 4. The summed E-state index contributed by atoms with van der Waals surface area (Å²) in [6.45, 7) is 0.273. The molecule has 0 aliphatic rings. The van der Waals surface area contributed by atoms with E-state index in [1.54, 1.807) is 12.1 Å². The fourth-order valence-electron chi connectivity index (χ4n) is 1.42. The third kappa shape index (κ3) is 3.11. The van der Waals surface area contributed by atoms with Crippen LogP contribution in [0.4, 0.5) is 5.69 Å². The highest BCUT2D eigenvalue weighted by Crippen LogP contribution is 2.23. The third-order valence-corrected chi connectivity index (χ3v) is 5.12. The van der Waals surface area contributed by atoms with Crippen molar-refractivity contribution in [2.24, 2.45) is 0 Å². The van der Waals surface area contributed by atoms with Gasteiger partial charge in [-0.3, -0.25) is 0 Å². The Kier molecular flexibility index (Phi) is 4.06. The van der Waals surface area contributed by atoms with Gasteiger partial charge in [-0.15, -0.1) is 11.3 Å². The highest BCUT2D eigenvalue weighted by molar-refractivity contribution is 9.10. The average Bonchev–Trinajstić information content (AvgIpc) is 2.78. The van der Waals surface area contributed by atoms with E-state index < -0.39 is 10.0 Å². The smallest absolute Gasteiger partial charge is 0.242 e. The normalized spacial score (nSPS) is 11.6. The van der Waals surface area contributed by atoms with Gasteiger partial charge in [-0.2, -0.15) is 0 Å². The van der Waals surface area contributed by atoms with E-state index in [4.69, 9.17) is 5.73 Å². The van der Waals surface area contributed by atoms with Crippen molar-refractivity contribution in [1.82, 2.24) is 4.72 Å². The Balaban J connectivity index is 2.20. The van der Waals surface area contributed by atoms with Crippen molar-refractivity contribution < 1.29 is 8.42 Å². The second kappa shape index (κ2) is 5.40. The fourth-order valence-corrected chi connectivity index (χ4v) is 3.65. The van der Waals surface area contributed by atoms with Gasteiger partial charge in [0, 0.05) is 15.9 Å². The summed E-state index contributed by atoms with van der Waals surface area (Å²) in [7, 11) is -3.57. The molecule has 0 amide bonds. The maximum Gasteiger partial charge on any atom is 0.242 e. The molecule has 3 N–H and O–H groups in total. The number of hydrogen-bond donors (Lipinski definition) is 2. The maximum atomic E-state index is 12.1. The van der Waals surface area contributed by atoms with E-state index in [1.165, 1.54) is 17.4 Å². The van der Waals surface area contributed by atoms with E-state index in [2.05, 4.69) is 20.7 Å². The molecule has 1 aromatic carbocycles. The molecule has 0 spiro atoms. The Labute approximate surface area is 118 Å². The summed E-state index contributed by atoms with van der Waals surface area (Å²) in [5.74, 6) is 0. The standard InChI is InChI=1S/C11H11BrN2O2S2/c12-8-3-4-11(10(13)6-8)18(15,16)14-7-9-2-1-5-17-9/h1-6,14H,7,13H2. The van der Waals surface area contributed by atoms with Gasteiger partial charge in [-0.05, 0) is 29.6 Å². The summed E-state index contributed by atoms with van der Waals surface area (Å²) in [6.07, 6.45) is 0. The number of sulfonamides is 1. The van der Waals surface area contributed by atoms with Crippen molar-refractivity contribution in [3.63, 3.8) is 0 Å². The minimum atomic E-state index is -3.57. The van der Waals surface area contributed by atoms with Gasteiger partial charge in [-0.25, -0.2) is 13.1 Å². The summed E-state index contributed by atoms with van der Waals surface area (Å²) in [5.41, 5.74) is 5.93. The lowest BCUT2D eigenvalue weighted by Gasteiger charge is -2.08. The first-order valence-corrected chi connectivity index (χ1v) is 8.22. The SMILES string of the molecule is Nc1cc(Br)ccc1S(=O)(=O)NCc1cccs1. The van der Waals surface area contributed by atoms with Crippen LogP contribution < -0.4 is 10.5 Å². The highest BCUT2D eigenvalue weighted by Gasteiger charge is 2.17. The Bertz CT molecular complexity index is 639. The molecule has 0 fully saturated rings. The van der Waals surface area contributed by atoms with E-state index >= 15 is 0 Å². The molecule has 0 atom stereocenters. The van der Waals surface area contributed by atoms with Gasteiger partial charge in [0.05, 0.1) is 5.69 Å². The van der Waals surface area contributed by atoms with Crippen LogP contribution in [-0.2, 0) is 16.6 Å².